The molecule has 2 rings (SSSR count). The van der Waals surface area contributed by atoms with Crippen LogP contribution in [0.2, 0.25) is 0 Å². The third-order valence-electron chi connectivity index (χ3n) is 3.31. The number of anilines is 1. The van der Waals surface area contributed by atoms with Gasteiger partial charge in [0, 0.05) is 12.2 Å². The van der Waals surface area contributed by atoms with Crippen LogP contribution >= 0.6 is 0 Å². The number of rotatable bonds is 6. The summed E-state index contributed by atoms with van der Waals surface area (Å²) in [5, 5.41) is 11.6. The molecule has 2 aromatic rings. The number of hydrogen-bond acceptors (Lipinski definition) is 4. The normalized spacial score (nSPS) is 10.3. The minimum absolute atomic E-state index is 0.250. The van der Waals surface area contributed by atoms with E-state index in [4.69, 9.17) is 15.7 Å². The standard InChI is InChI=1S/C19H19N3O2/c20-13-16-9-10-18(21)17(12-16)8-4-5-11-22-19(23)24-14-15-6-2-1-3-7-15/h1-4,6-10,12H,5,11,14,21H2,(H,22,23). The van der Waals surface area contributed by atoms with Crippen molar-refractivity contribution in [2.45, 2.75) is 13.0 Å². The number of alkyl carbamates (subject to hydrolysis) is 1. The predicted octanol–water partition coefficient (Wildman–Crippen LogP) is 3.47. The van der Waals surface area contributed by atoms with Crippen molar-refractivity contribution in [2.24, 2.45) is 0 Å². The van der Waals surface area contributed by atoms with E-state index in [0.29, 0.717) is 24.2 Å². The van der Waals surface area contributed by atoms with E-state index < -0.39 is 6.09 Å². The molecule has 0 aliphatic rings. The molecule has 0 aliphatic carbocycles. The van der Waals surface area contributed by atoms with Crippen LogP contribution < -0.4 is 11.1 Å². The monoisotopic (exact) mass is 321 g/mol. The third kappa shape index (κ3) is 5.50. The van der Waals surface area contributed by atoms with Crippen molar-refractivity contribution in [2.75, 3.05) is 12.3 Å². The summed E-state index contributed by atoms with van der Waals surface area (Å²) in [4.78, 5) is 11.6. The average Bonchev–Trinajstić information content (AvgIpc) is 2.62. The largest absolute Gasteiger partial charge is 0.445 e. The lowest BCUT2D eigenvalue weighted by molar-refractivity contribution is 0.140. The number of nitrogens with zero attached hydrogens (tertiary/aromatic N) is 1. The Morgan fingerprint density at radius 3 is 2.79 bits per heavy atom. The van der Waals surface area contributed by atoms with Crippen LogP contribution in [0.15, 0.2) is 54.6 Å². The van der Waals surface area contributed by atoms with Gasteiger partial charge in [0.2, 0.25) is 0 Å². The van der Waals surface area contributed by atoms with Crippen LogP contribution in [-0.4, -0.2) is 12.6 Å². The fraction of sp³-hybridized carbons (Fsp3) is 0.158. The van der Waals surface area contributed by atoms with Crippen molar-refractivity contribution in [3.63, 3.8) is 0 Å². The van der Waals surface area contributed by atoms with Crippen molar-refractivity contribution in [1.82, 2.24) is 5.32 Å². The molecule has 0 heterocycles. The highest BCUT2D eigenvalue weighted by Crippen LogP contribution is 2.15. The lowest BCUT2D eigenvalue weighted by Crippen LogP contribution is -2.24. The van der Waals surface area contributed by atoms with Crippen LogP contribution in [0.1, 0.15) is 23.1 Å². The first kappa shape index (κ1) is 17.1. The lowest BCUT2D eigenvalue weighted by atomic mass is 10.1. The number of nitrogens with one attached hydrogen (secondary N) is 1. The van der Waals surface area contributed by atoms with Crippen LogP contribution in [0.5, 0.6) is 0 Å². The Kier molecular flexibility index (Phi) is 6.42. The van der Waals surface area contributed by atoms with Gasteiger partial charge < -0.3 is 15.8 Å². The van der Waals surface area contributed by atoms with Gasteiger partial charge in [-0.05, 0) is 35.7 Å². The van der Waals surface area contributed by atoms with E-state index in [1.807, 2.05) is 42.5 Å². The first-order valence-corrected chi connectivity index (χ1v) is 7.60. The number of carbonyl (C=O) groups excluding carboxylic acids is 1. The maximum atomic E-state index is 11.6. The number of carbonyl (C=O) groups is 1. The van der Waals surface area contributed by atoms with Gasteiger partial charge in [0.05, 0.1) is 11.6 Å². The van der Waals surface area contributed by atoms with E-state index in [9.17, 15) is 4.79 Å². The van der Waals surface area contributed by atoms with E-state index in [-0.39, 0.29) is 6.61 Å². The summed E-state index contributed by atoms with van der Waals surface area (Å²) in [5.41, 5.74) is 8.76. The molecule has 24 heavy (non-hydrogen) atoms. The minimum atomic E-state index is -0.446. The average molecular weight is 321 g/mol. The molecule has 0 spiro atoms. The summed E-state index contributed by atoms with van der Waals surface area (Å²) in [6.45, 7) is 0.710. The molecule has 0 radical (unpaired) electrons. The van der Waals surface area contributed by atoms with Crippen LogP contribution in [0, 0.1) is 11.3 Å². The van der Waals surface area contributed by atoms with Gasteiger partial charge in [-0.1, -0.05) is 42.5 Å². The Morgan fingerprint density at radius 2 is 2.04 bits per heavy atom. The van der Waals surface area contributed by atoms with Crippen LogP contribution in [0.4, 0.5) is 10.5 Å². The van der Waals surface area contributed by atoms with Gasteiger partial charge in [-0.25, -0.2) is 4.79 Å². The molecule has 0 atom stereocenters. The van der Waals surface area contributed by atoms with E-state index in [1.165, 1.54) is 0 Å². The highest BCUT2D eigenvalue weighted by atomic mass is 16.5. The number of nitrogens with two attached hydrogens (primary N) is 1. The molecular weight excluding hydrogens is 302 g/mol. The quantitative estimate of drug-likeness (QED) is 0.630. The Bertz CT molecular complexity index is 749. The summed E-state index contributed by atoms with van der Waals surface area (Å²) >= 11 is 0. The number of nitrogen functional groups attached to an aromatic ring is 1. The molecule has 0 saturated heterocycles. The van der Waals surface area contributed by atoms with E-state index >= 15 is 0 Å². The Balaban J connectivity index is 1.71. The Hall–Kier alpha value is -3.26. The molecule has 3 N–H and O–H groups in total. The maximum Gasteiger partial charge on any atom is 0.407 e. The summed E-state index contributed by atoms with van der Waals surface area (Å²) in [6, 6.07) is 16.7. The van der Waals surface area contributed by atoms with E-state index in [0.717, 1.165) is 11.1 Å². The second-order valence-corrected chi connectivity index (χ2v) is 5.14. The second kappa shape index (κ2) is 9.01. The molecule has 0 fully saturated rings. The zero-order valence-corrected chi connectivity index (χ0v) is 13.2. The van der Waals surface area contributed by atoms with Crippen molar-refractivity contribution in [3.05, 3.63) is 71.3 Å². The number of amides is 1. The second-order valence-electron chi connectivity index (χ2n) is 5.14. The molecule has 0 unspecified atom stereocenters. The molecule has 2 aromatic carbocycles. The number of benzene rings is 2. The Morgan fingerprint density at radius 1 is 1.25 bits per heavy atom. The zero-order valence-electron chi connectivity index (χ0n) is 13.2. The van der Waals surface area contributed by atoms with Gasteiger partial charge >= 0.3 is 6.09 Å². The number of ether oxygens (including phenoxy) is 1. The van der Waals surface area contributed by atoms with Crippen molar-refractivity contribution >= 4 is 17.9 Å². The molecule has 0 bridgehead atoms. The van der Waals surface area contributed by atoms with Crippen LogP contribution in [0.25, 0.3) is 6.08 Å². The summed E-state index contributed by atoms with van der Waals surface area (Å²) in [6.07, 6.45) is 3.92. The highest BCUT2D eigenvalue weighted by molar-refractivity contribution is 5.67. The van der Waals surface area contributed by atoms with Crippen molar-refractivity contribution in [3.8, 4) is 6.07 Å². The molecule has 0 saturated carbocycles. The summed E-state index contributed by atoms with van der Waals surface area (Å²) in [5.74, 6) is 0. The SMILES string of the molecule is N#Cc1ccc(N)c(C=CCCNC(=O)OCc2ccccc2)c1. The van der Waals surface area contributed by atoms with Gasteiger partial charge in [0.15, 0.2) is 0 Å². The molecule has 122 valence electrons. The van der Waals surface area contributed by atoms with Crippen molar-refractivity contribution < 1.29 is 9.53 Å². The van der Waals surface area contributed by atoms with Crippen molar-refractivity contribution in [1.29, 1.82) is 5.26 Å². The molecule has 5 nitrogen and oxygen atoms in total. The lowest BCUT2D eigenvalue weighted by Gasteiger charge is -2.06. The van der Waals surface area contributed by atoms with E-state index in [1.54, 1.807) is 18.2 Å². The topological polar surface area (TPSA) is 88.1 Å². The van der Waals surface area contributed by atoms with Gasteiger partial charge in [0.25, 0.3) is 0 Å². The smallest absolute Gasteiger partial charge is 0.407 e. The van der Waals surface area contributed by atoms with Gasteiger partial charge in [-0.3, -0.25) is 0 Å². The first-order chi connectivity index (χ1) is 11.7. The molecular formula is C19H19N3O2. The highest BCUT2D eigenvalue weighted by Gasteiger charge is 2.01. The Labute approximate surface area is 141 Å². The molecule has 5 heteroatoms. The summed E-state index contributed by atoms with van der Waals surface area (Å²) < 4.78 is 5.11. The molecule has 0 aromatic heterocycles. The van der Waals surface area contributed by atoms with Crippen LogP contribution in [0.3, 0.4) is 0 Å². The molecule has 0 aliphatic heterocycles. The maximum absolute atomic E-state index is 11.6. The number of hydrogen-bond donors (Lipinski definition) is 2. The fourth-order valence-electron chi connectivity index (χ4n) is 2.03. The fourth-order valence-corrected chi connectivity index (χ4v) is 2.03. The van der Waals surface area contributed by atoms with Crippen LogP contribution in [-0.2, 0) is 11.3 Å². The first-order valence-electron chi connectivity index (χ1n) is 7.60. The van der Waals surface area contributed by atoms with Gasteiger partial charge in [0.1, 0.15) is 6.61 Å². The molecule has 1 amide bonds. The predicted molar refractivity (Wildman–Crippen MR) is 93.9 cm³/mol. The van der Waals surface area contributed by atoms with Gasteiger partial charge in [-0.15, -0.1) is 0 Å². The van der Waals surface area contributed by atoms with Gasteiger partial charge in [-0.2, -0.15) is 5.26 Å². The summed E-state index contributed by atoms with van der Waals surface area (Å²) in [7, 11) is 0. The number of nitriles is 1. The zero-order chi connectivity index (χ0) is 17.2. The van der Waals surface area contributed by atoms with E-state index in [2.05, 4.69) is 11.4 Å². The third-order valence-corrected chi connectivity index (χ3v) is 3.31. The minimum Gasteiger partial charge on any atom is -0.445 e.